The van der Waals surface area contributed by atoms with Crippen molar-refractivity contribution >= 4 is 47.0 Å². The molecular weight excluding hydrogens is 364 g/mol. The second kappa shape index (κ2) is 8.07. The minimum absolute atomic E-state index is 0.0886. The lowest BCUT2D eigenvalue weighted by Gasteiger charge is -2.06. The Bertz CT molecular complexity index is 441. The van der Waals surface area contributed by atoms with E-state index in [0.717, 1.165) is 0 Å². The predicted octanol–water partition coefficient (Wildman–Crippen LogP) is -1.96. The van der Waals surface area contributed by atoms with Gasteiger partial charge in [-0.2, -0.15) is 0 Å². The molecule has 0 aliphatic rings. The van der Waals surface area contributed by atoms with E-state index in [0.29, 0.717) is 17.5 Å². The van der Waals surface area contributed by atoms with Crippen molar-refractivity contribution in [2.45, 2.75) is 0 Å². The van der Waals surface area contributed by atoms with Gasteiger partial charge in [0.05, 0.1) is 4.43 Å². The molecule has 2 amide bonds. The Kier molecular flexibility index (Phi) is 6.74. The molecule has 0 aliphatic carbocycles. The average molecular weight is 377 g/mol. The number of hydrogen-bond acceptors (Lipinski definition) is 5. The number of carbonyl (C=O) groups is 2. The molecule has 4 N–H and O–H groups in total. The third kappa shape index (κ3) is 5.53. The molecule has 0 radical (unpaired) electrons. The molecule has 0 spiro atoms. The van der Waals surface area contributed by atoms with Crippen molar-refractivity contribution in [3.63, 3.8) is 0 Å². The Hall–Kier alpha value is -1.20. The smallest absolute Gasteiger partial charge is 0.423 e. The van der Waals surface area contributed by atoms with Crippen molar-refractivity contribution in [1.29, 1.82) is 0 Å². The first-order valence-corrected chi connectivity index (χ1v) is 7.00. The van der Waals surface area contributed by atoms with Gasteiger partial charge in [0.1, 0.15) is 5.69 Å². The molecule has 1 aromatic rings. The highest BCUT2D eigenvalue weighted by Crippen LogP contribution is 1.92. The number of nitrogens with one attached hydrogen (secondary N) is 2. The van der Waals surface area contributed by atoms with Crippen molar-refractivity contribution in [2.24, 2.45) is 0 Å². The highest BCUT2D eigenvalue weighted by Gasteiger charge is 2.12. The SMILES string of the molecule is O=C(CI)NCCNC(=O)c1ccc(B(O)O)cn1. The fourth-order valence-corrected chi connectivity index (χ4v) is 1.48. The predicted molar refractivity (Wildman–Crippen MR) is 78.3 cm³/mol. The molecule has 0 aliphatic heterocycles. The van der Waals surface area contributed by atoms with E-state index in [-0.39, 0.29) is 23.0 Å². The van der Waals surface area contributed by atoms with Crippen molar-refractivity contribution < 1.29 is 19.6 Å². The quantitative estimate of drug-likeness (QED) is 0.199. The van der Waals surface area contributed by atoms with Gasteiger partial charge in [0.25, 0.3) is 5.91 Å². The zero-order chi connectivity index (χ0) is 14.3. The van der Waals surface area contributed by atoms with Crippen LogP contribution in [0.2, 0.25) is 0 Å². The van der Waals surface area contributed by atoms with Gasteiger partial charge in [0, 0.05) is 24.7 Å². The van der Waals surface area contributed by atoms with Crippen LogP contribution in [0.25, 0.3) is 0 Å². The van der Waals surface area contributed by atoms with Gasteiger partial charge in [-0.05, 0) is 6.07 Å². The molecule has 0 fully saturated rings. The second-order valence-corrected chi connectivity index (χ2v) is 4.35. The van der Waals surface area contributed by atoms with E-state index >= 15 is 0 Å². The lowest BCUT2D eigenvalue weighted by Crippen LogP contribution is -2.36. The van der Waals surface area contributed by atoms with Gasteiger partial charge in [-0.1, -0.05) is 28.7 Å². The number of rotatable bonds is 6. The number of amides is 2. The number of nitrogens with zero attached hydrogens (tertiary/aromatic N) is 1. The van der Waals surface area contributed by atoms with Crippen molar-refractivity contribution in [2.75, 3.05) is 17.5 Å². The monoisotopic (exact) mass is 377 g/mol. The molecule has 1 heterocycles. The molecule has 0 atom stereocenters. The molecule has 7 nitrogen and oxygen atoms in total. The van der Waals surface area contributed by atoms with Crippen molar-refractivity contribution in [3.05, 3.63) is 24.0 Å². The molecule has 9 heteroatoms. The van der Waals surface area contributed by atoms with Gasteiger partial charge >= 0.3 is 7.12 Å². The number of pyridine rings is 1. The fourth-order valence-electron chi connectivity index (χ4n) is 1.21. The molecule has 1 rings (SSSR count). The van der Waals surface area contributed by atoms with Gasteiger partial charge < -0.3 is 20.7 Å². The lowest BCUT2D eigenvalue weighted by atomic mass is 9.82. The minimum Gasteiger partial charge on any atom is -0.423 e. The Labute approximate surface area is 124 Å². The second-order valence-electron chi connectivity index (χ2n) is 3.59. The molecule has 1 aromatic heterocycles. The topological polar surface area (TPSA) is 112 Å². The van der Waals surface area contributed by atoms with E-state index in [1.807, 2.05) is 22.6 Å². The molecule has 0 aromatic carbocycles. The van der Waals surface area contributed by atoms with Crippen LogP contribution in [0.3, 0.4) is 0 Å². The van der Waals surface area contributed by atoms with E-state index < -0.39 is 7.12 Å². The summed E-state index contributed by atoms with van der Waals surface area (Å²) in [5.41, 5.74) is 0.385. The number of carbonyl (C=O) groups excluding carboxylic acids is 2. The number of hydrogen-bond donors (Lipinski definition) is 4. The Balaban J connectivity index is 2.39. The first-order chi connectivity index (χ1) is 9.04. The Morgan fingerprint density at radius 1 is 1.26 bits per heavy atom. The van der Waals surface area contributed by atoms with E-state index in [2.05, 4.69) is 15.6 Å². The maximum atomic E-state index is 11.6. The van der Waals surface area contributed by atoms with Crippen molar-refractivity contribution in [3.8, 4) is 0 Å². The summed E-state index contributed by atoms with van der Waals surface area (Å²) in [6, 6.07) is 2.80. The van der Waals surface area contributed by atoms with Crippen LogP contribution in [0.5, 0.6) is 0 Å². The van der Waals surface area contributed by atoms with Gasteiger partial charge in [-0.3, -0.25) is 14.6 Å². The molecule has 0 unspecified atom stereocenters. The first-order valence-electron chi connectivity index (χ1n) is 5.47. The summed E-state index contributed by atoms with van der Waals surface area (Å²) in [6.45, 7) is 0.647. The molecule has 0 bridgehead atoms. The van der Waals surface area contributed by atoms with Crippen molar-refractivity contribution in [1.82, 2.24) is 15.6 Å². The highest BCUT2D eigenvalue weighted by molar-refractivity contribution is 14.1. The molecule has 19 heavy (non-hydrogen) atoms. The molecule has 0 saturated carbocycles. The van der Waals surface area contributed by atoms with Crippen LogP contribution in [0, 0.1) is 0 Å². The third-order valence-electron chi connectivity index (χ3n) is 2.17. The summed E-state index contributed by atoms with van der Waals surface area (Å²) in [5.74, 6) is -0.475. The summed E-state index contributed by atoms with van der Waals surface area (Å²) in [5, 5.41) is 23.0. The zero-order valence-electron chi connectivity index (χ0n) is 9.97. The number of aromatic nitrogens is 1. The lowest BCUT2D eigenvalue weighted by molar-refractivity contribution is -0.118. The summed E-state index contributed by atoms with van der Waals surface area (Å²) in [7, 11) is -1.60. The molecular formula is C10H13BIN3O4. The average Bonchev–Trinajstić information content (AvgIpc) is 2.43. The maximum Gasteiger partial charge on any atom is 0.490 e. The number of halogens is 1. The molecule has 102 valence electrons. The number of alkyl halides is 1. The third-order valence-corrected chi connectivity index (χ3v) is 2.86. The van der Waals surface area contributed by atoms with Crippen LogP contribution >= 0.6 is 22.6 Å². The largest absolute Gasteiger partial charge is 0.490 e. The van der Waals surface area contributed by atoms with Crippen LogP contribution in [0.15, 0.2) is 18.3 Å². The van der Waals surface area contributed by atoms with Gasteiger partial charge in [-0.25, -0.2) is 0 Å². The van der Waals surface area contributed by atoms with Gasteiger partial charge in [0.15, 0.2) is 0 Å². The van der Waals surface area contributed by atoms with Gasteiger partial charge in [-0.15, -0.1) is 0 Å². The summed E-state index contributed by atoms with van der Waals surface area (Å²) >= 11 is 1.95. The van der Waals surface area contributed by atoms with Crippen LogP contribution in [0.4, 0.5) is 0 Å². The van der Waals surface area contributed by atoms with E-state index in [9.17, 15) is 9.59 Å². The van der Waals surface area contributed by atoms with Crippen LogP contribution in [0.1, 0.15) is 10.5 Å². The normalized spacial score (nSPS) is 9.84. The van der Waals surface area contributed by atoms with Crippen LogP contribution < -0.4 is 16.1 Å². The first kappa shape index (κ1) is 15.9. The van der Waals surface area contributed by atoms with Crippen LogP contribution in [-0.2, 0) is 4.79 Å². The summed E-state index contributed by atoms with van der Waals surface area (Å²) in [4.78, 5) is 26.4. The Morgan fingerprint density at radius 3 is 2.47 bits per heavy atom. The van der Waals surface area contributed by atoms with E-state index in [4.69, 9.17) is 10.0 Å². The van der Waals surface area contributed by atoms with Crippen LogP contribution in [-0.4, -0.2) is 51.5 Å². The maximum absolute atomic E-state index is 11.6. The van der Waals surface area contributed by atoms with E-state index in [1.54, 1.807) is 0 Å². The minimum atomic E-state index is -1.60. The fraction of sp³-hybridized carbons (Fsp3) is 0.300. The van der Waals surface area contributed by atoms with Gasteiger partial charge in [0.2, 0.25) is 5.91 Å². The summed E-state index contributed by atoms with van der Waals surface area (Å²) < 4.78 is 0.373. The summed E-state index contributed by atoms with van der Waals surface area (Å²) in [6.07, 6.45) is 1.22. The Morgan fingerprint density at radius 2 is 1.95 bits per heavy atom. The standard InChI is InChI=1S/C10H13BIN3O4/c12-5-9(16)13-3-4-14-10(17)8-2-1-7(6-15-8)11(18)19/h1-2,6,18-19H,3-5H2,(H,13,16)(H,14,17). The highest BCUT2D eigenvalue weighted by atomic mass is 127. The van der Waals surface area contributed by atoms with E-state index in [1.165, 1.54) is 18.3 Å². The zero-order valence-corrected chi connectivity index (χ0v) is 12.1. The molecule has 0 saturated heterocycles.